The molecule has 5 rings (SSSR count). The van der Waals surface area contributed by atoms with Gasteiger partial charge in [0.15, 0.2) is 6.29 Å². The largest absolute Gasteiger partial charge is 0.457 e. The summed E-state index contributed by atoms with van der Waals surface area (Å²) in [5.74, 6) is 0.414. The Hall–Kier alpha value is -3.72. The number of fused-ring (bicyclic) bond motifs is 1. The molecule has 0 bridgehead atoms. The van der Waals surface area contributed by atoms with Crippen LogP contribution in [0.4, 0.5) is 5.69 Å². The number of hydrogen-bond acceptors (Lipinski definition) is 9. The Kier molecular flexibility index (Phi) is 9.11. The summed E-state index contributed by atoms with van der Waals surface area (Å²) in [6.07, 6.45) is -0.481. The van der Waals surface area contributed by atoms with E-state index in [0.29, 0.717) is 17.9 Å². The zero-order valence-electron chi connectivity index (χ0n) is 22.2. The second-order valence-corrected chi connectivity index (χ2v) is 10.1. The molecule has 0 aliphatic carbocycles. The summed E-state index contributed by atoms with van der Waals surface area (Å²) in [7, 11) is 0. The number of hydrogen-bond donors (Lipinski definition) is 4. The van der Waals surface area contributed by atoms with Gasteiger partial charge >= 0.3 is 0 Å². The van der Waals surface area contributed by atoms with E-state index in [1.807, 2.05) is 24.3 Å². The molecule has 2 aliphatic heterocycles. The first-order valence-corrected chi connectivity index (χ1v) is 13.6. The third-order valence-corrected chi connectivity index (χ3v) is 7.11. The lowest BCUT2D eigenvalue weighted by Gasteiger charge is -2.30. The highest BCUT2D eigenvalue weighted by Crippen LogP contribution is 2.28. The van der Waals surface area contributed by atoms with Crippen LogP contribution in [0.5, 0.6) is 0 Å². The lowest BCUT2D eigenvalue weighted by molar-refractivity contribution is -0.187. The van der Waals surface area contributed by atoms with Crippen molar-refractivity contribution in [2.45, 2.75) is 31.3 Å². The second-order valence-electron chi connectivity index (χ2n) is 10.1. The Morgan fingerprint density at radius 3 is 2.67 bits per heavy atom. The number of carbonyl (C=O) groups excluding carboxylic acids is 1. The molecule has 1 aromatic heterocycles. The lowest BCUT2D eigenvalue weighted by Crippen LogP contribution is -2.42. The van der Waals surface area contributed by atoms with Crippen LogP contribution >= 0.6 is 0 Å². The van der Waals surface area contributed by atoms with Crippen molar-refractivity contribution < 1.29 is 28.9 Å². The summed E-state index contributed by atoms with van der Waals surface area (Å²) in [5, 5.41) is 37.2. The molecule has 2 saturated heterocycles. The fourth-order valence-corrected chi connectivity index (χ4v) is 4.97. The van der Waals surface area contributed by atoms with Crippen molar-refractivity contribution in [2.24, 2.45) is 0 Å². The zero-order chi connectivity index (χ0) is 27.9. The summed E-state index contributed by atoms with van der Waals surface area (Å²) >= 11 is 0. The Labute approximate surface area is 232 Å². The van der Waals surface area contributed by atoms with Gasteiger partial charge in [0.2, 0.25) is 0 Å². The van der Waals surface area contributed by atoms with Crippen LogP contribution in [0, 0.1) is 11.3 Å². The minimum Gasteiger partial charge on any atom is -0.457 e. The van der Waals surface area contributed by atoms with Gasteiger partial charge in [-0.2, -0.15) is 5.26 Å². The number of rotatable bonds is 9. The molecule has 1 amide bonds. The van der Waals surface area contributed by atoms with Crippen molar-refractivity contribution in [1.29, 1.82) is 5.26 Å². The summed E-state index contributed by atoms with van der Waals surface area (Å²) in [6, 6.07) is 17.8. The monoisotopic (exact) mass is 546 g/mol. The fraction of sp³-hybridized carbons (Fsp3) is 0.400. The third-order valence-electron chi connectivity index (χ3n) is 7.11. The first kappa shape index (κ1) is 27.8. The van der Waals surface area contributed by atoms with Gasteiger partial charge in [-0.25, -0.2) is 0 Å². The molecule has 0 saturated carbocycles. The predicted molar refractivity (Wildman–Crippen MR) is 150 cm³/mol. The number of nitrogens with one attached hydrogen (secondary N) is 2. The average Bonchev–Trinajstić information content (AvgIpc) is 3.43. The highest BCUT2D eigenvalue weighted by Gasteiger charge is 2.27. The van der Waals surface area contributed by atoms with Crippen LogP contribution in [0.25, 0.3) is 28.2 Å². The maximum atomic E-state index is 12.5. The van der Waals surface area contributed by atoms with Crippen molar-refractivity contribution in [3.05, 3.63) is 59.9 Å². The number of aliphatic hydroxyl groups is 2. The predicted octanol–water partition coefficient (Wildman–Crippen LogP) is 2.73. The van der Waals surface area contributed by atoms with Gasteiger partial charge < -0.3 is 34.7 Å². The third kappa shape index (κ3) is 7.27. The average molecular weight is 547 g/mol. The van der Waals surface area contributed by atoms with Gasteiger partial charge in [-0.15, -0.1) is 0 Å². The quantitative estimate of drug-likeness (QED) is 0.236. The van der Waals surface area contributed by atoms with Crippen molar-refractivity contribution in [1.82, 2.24) is 10.2 Å². The molecule has 0 radical (unpaired) electrons. The number of benzene rings is 2. The molecule has 40 heavy (non-hydrogen) atoms. The van der Waals surface area contributed by atoms with Gasteiger partial charge in [0.05, 0.1) is 25.4 Å². The Morgan fingerprint density at radius 2 is 1.88 bits per heavy atom. The van der Waals surface area contributed by atoms with Gasteiger partial charge in [0, 0.05) is 62.9 Å². The van der Waals surface area contributed by atoms with Gasteiger partial charge in [-0.1, -0.05) is 18.2 Å². The van der Waals surface area contributed by atoms with Gasteiger partial charge in [0.1, 0.15) is 23.2 Å². The molecule has 210 valence electrons. The van der Waals surface area contributed by atoms with Crippen LogP contribution in [0.3, 0.4) is 0 Å². The van der Waals surface area contributed by atoms with Crippen molar-refractivity contribution in [3.63, 3.8) is 0 Å². The number of amides is 1. The highest BCUT2D eigenvalue weighted by atomic mass is 16.6. The SMILES string of the molecule is N#C/C(=C\c1ccc(-c2ccc3cc(NCCN4CCOCC4)ccc3c2)o1)C(=O)NCC1CC(O)CC(O)O1. The molecular weight excluding hydrogens is 512 g/mol. The van der Waals surface area contributed by atoms with E-state index in [2.05, 4.69) is 33.7 Å². The van der Waals surface area contributed by atoms with E-state index in [4.69, 9.17) is 13.9 Å². The molecule has 3 unspecified atom stereocenters. The molecule has 3 heterocycles. The maximum absolute atomic E-state index is 12.5. The zero-order valence-corrected chi connectivity index (χ0v) is 22.2. The minimum atomic E-state index is -1.07. The Bertz CT molecular complexity index is 1380. The molecule has 0 spiro atoms. The molecule has 2 aromatic carbocycles. The van der Waals surface area contributed by atoms with E-state index >= 15 is 0 Å². The van der Waals surface area contributed by atoms with Gasteiger partial charge in [-0.3, -0.25) is 9.69 Å². The summed E-state index contributed by atoms with van der Waals surface area (Å²) in [4.78, 5) is 14.9. The van der Waals surface area contributed by atoms with Crippen LogP contribution < -0.4 is 10.6 Å². The normalized spacial score (nSPS) is 22.1. The first-order valence-electron chi connectivity index (χ1n) is 13.6. The van der Waals surface area contributed by atoms with E-state index in [-0.39, 0.29) is 18.5 Å². The fourth-order valence-electron chi connectivity index (χ4n) is 4.97. The molecule has 3 atom stereocenters. The number of anilines is 1. The van der Waals surface area contributed by atoms with Crippen LogP contribution in [0.1, 0.15) is 18.6 Å². The van der Waals surface area contributed by atoms with Crippen LogP contribution in [-0.4, -0.2) is 85.5 Å². The van der Waals surface area contributed by atoms with Gasteiger partial charge in [-0.05, 0) is 41.1 Å². The lowest BCUT2D eigenvalue weighted by atomic mass is 10.0. The van der Waals surface area contributed by atoms with Crippen molar-refractivity contribution in [2.75, 3.05) is 51.3 Å². The van der Waals surface area contributed by atoms with E-state index < -0.39 is 24.4 Å². The molecular formula is C30H34N4O6. The number of nitriles is 1. The highest BCUT2D eigenvalue weighted by molar-refractivity contribution is 6.01. The first-order chi connectivity index (χ1) is 19.5. The summed E-state index contributed by atoms with van der Waals surface area (Å²) in [5.41, 5.74) is 1.84. The number of furan rings is 1. The number of ether oxygens (including phenoxy) is 2. The number of carbonyl (C=O) groups is 1. The standard InChI is InChI=1S/C30H34N4O6/c31-18-23(30(37)33-19-27-16-25(35)17-29(36)40-27)15-26-5-6-28(39-26)22-2-1-21-14-24(4-3-20(21)13-22)32-7-8-34-9-11-38-12-10-34/h1-6,13-15,25,27,29,32,35-36H,7-12,16-17,19H2,(H,33,37)/b23-15+. The molecule has 10 nitrogen and oxygen atoms in total. The Balaban J connectivity index is 1.19. The molecule has 2 fully saturated rings. The van der Waals surface area contributed by atoms with Crippen molar-refractivity contribution >= 4 is 28.4 Å². The molecule has 4 N–H and O–H groups in total. The molecule has 2 aliphatic rings. The molecule has 3 aromatic rings. The van der Waals surface area contributed by atoms with E-state index in [0.717, 1.165) is 61.4 Å². The number of nitrogens with zero attached hydrogens (tertiary/aromatic N) is 2. The maximum Gasteiger partial charge on any atom is 0.262 e. The summed E-state index contributed by atoms with van der Waals surface area (Å²) < 4.78 is 16.7. The molecule has 10 heteroatoms. The van der Waals surface area contributed by atoms with Gasteiger partial charge in [0.25, 0.3) is 5.91 Å². The second kappa shape index (κ2) is 13.1. The minimum absolute atomic E-state index is 0.0670. The van der Waals surface area contributed by atoms with E-state index in [1.165, 1.54) is 6.08 Å². The van der Waals surface area contributed by atoms with Crippen LogP contribution in [0.15, 0.2) is 58.5 Å². The topological polar surface area (TPSA) is 140 Å². The number of aliphatic hydroxyl groups excluding tert-OH is 2. The van der Waals surface area contributed by atoms with Crippen LogP contribution in [-0.2, 0) is 14.3 Å². The summed E-state index contributed by atoms with van der Waals surface area (Å²) in [6.45, 7) is 5.47. The van der Waals surface area contributed by atoms with Crippen LogP contribution in [0.2, 0.25) is 0 Å². The van der Waals surface area contributed by atoms with E-state index in [9.17, 15) is 20.3 Å². The smallest absolute Gasteiger partial charge is 0.262 e. The van der Waals surface area contributed by atoms with E-state index in [1.54, 1.807) is 12.1 Å². The Morgan fingerprint density at radius 1 is 1.07 bits per heavy atom. The number of morpholine rings is 1. The van der Waals surface area contributed by atoms with Crippen molar-refractivity contribution in [3.8, 4) is 17.4 Å².